The molecule has 1 heterocycles. The van der Waals surface area contributed by atoms with Gasteiger partial charge in [-0.1, -0.05) is 42.5 Å². The van der Waals surface area contributed by atoms with Crippen LogP contribution in [0.1, 0.15) is 25.3 Å². The van der Waals surface area contributed by atoms with Crippen molar-refractivity contribution < 1.29 is 13.2 Å². The third-order valence-corrected chi connectivity index (χ3v) is 6.69. The second-order valence-electron chi connectivity index (χ2n) is 6.45. The van der Waals surface area contributed by atoms with E-state index in [1.807, 2.05) is 30.3 Å². The number of carbonyl (C=O) groups is 1. The summed E-state index contributed by atoms with van der Waals surface area (Å²) in [4.78, 5) is 12.5. The van der Waals surface area contributed by atoms with Gasteiger partial charge in [-0.2, -0.15) is 0 Å². The smallest absolute Gasteiger partial charge is 0.224 e. The molecule has 1 fully saturated rings. The number of sulfonamides is 1. The van der Waals surface area contributed by atoms with Gasteiger partial charge in [0, 0.05) is 19.6 Å². The van der Waals surface area contributed by atoms with Crippen LogP contribution in [-0.4, -0.2) is 37.5 Å². The highest BCUT2D eigenvalue weighted by Gasteiger charge is 2.31. The zero-order chi connectivity index (χ0) is 17.9. The number of nitrogens with zero attached hydrogens (tertiary/aromatic N) is 1. The second kappa shape index (κ2) is 7.54. The average Bonchev–Trinajstić information content (AvgIpc) is 2.66. The van der Waals surface area contributed by atoms with Gasteiger partial charge in [0.1, 0.15) is 0 Å². The van der Waals surface area contributed by atoms with Crippen LogP contribution in [0.5, 0.6) is 0 Å². The van der Waals surface area contributed by atoms with Gasteiger partial charge in [0.25, 0.3) is 0 Å². The number of rotatable bonds is 5. The van der Waals surface area contributed by atoms with E-state index in [1.54, 1.807) is 6.92 Å². The van der Waals surface area contributed by atoms with Crippen molar-refractivity contribution in [1.29, 1.82) is 0 Å². The third kappa shape index (κ3) is 4.02. The predicted molar refractivity (Wildman–Crippen MR) is 99.6 cm³/mol. The van der Waals surface area contributed by atoms with Crippen LogP contribution < -0.4 is 5.32 Å². The van der Waals surface area contributed by atoms with Gasteiger partial charge in [-0.05, 0) is 36.1 Å². The van der Waals surface area contributed by atoms with E-state index < -0.39 is 10.0 Å². The quantitative estimate of drug-likeness (QED) is 0.891. The Morgan fingerprint density at radius 1 is 1.20 bits per heavy atom. The molecular formula is C19H24N2O3S. The van der Waals surface area contributed by atoms with Crippen LogP contribution in [0.2, 0.25) is 0 Å². The summed E-state index contributed by atoms with van der Waals surface area (Å²) in [6.07, 6.45) is 1.46. The minimum absolute atomic E-state index is 0.0658. The van der Waals surface area contributed by atoms with Gasteiger partial charge in [0.2, 0.25) is 15.9 Å². The molecule has 0 aromatic heterocycles. The first-order valence-corrected chi connectivity index (χ1v) is 10.3. The highest BCUT2D eigenvalue weighted by Crippen LogP contribution is 2.21. The zero-order valence-corrected chi connectivity index (χ0v) is 15.3. The van der Waals surface area contributed by atoms with E-state index >= 15 is 0 Å². The van der Waals surface area contributed by atoms with Crippen molar-refractivity contribution in [2.24, 2.45) is 5.92 Å². The van der Waals surface area contributed by atoms with Crippen LogP contribution in [-0.2, 0) is 21.4 Å². The summed E-state index contributed by atoms with van der Waals surface area (Å²) < 4.78 is 25.5. The monoisotopic (exact) mass is 360 g/mol. The van der Waals surface area contributed by atoms with E-state index in [9.17, 15) is 13.2 Å². The Balaban J connectivity index is 1.66. The molecule has 1 atom stereocenters. The molecule has 1 amide bonds. The number of hydrogen-bond acceptors (Lipinski definition) is 3. The van der Waals surface area contributed by atoms with Crippen LogP contribution in [0.15, 0.2) is 42.5 Å². The first-order valence-electron chi connectivity index (χ1n) is 8.73. The molecule has 6 heteroatoms. The Bertz CT molecular complexity index is 859. The molecule has 1 aliphatic rings. The van der Waals surface area contributed by atoms with Crippen molar-refractivity contribution in [3.05, 3.63) is 48.0 Å². The Hall–Kier alpha value is -1.92. The number of hydrogen-bond donors (Lipinski definition) is 1. The molecule has 0 aliphatic carbocycles. The first-order chi connectivity index (χ1) is 12.0. The highest BCUT2D eigenvalue weighted by molar-refractivity contribution is 7.89. The van der Waals surface area contributed by atoms with E-state index in [0.717, 1.165) is 29.2 Å². The maximum absolute atomic E-state index is 12.5. The molecule has 25 heavy (non-hydrogen) atoms. The molecule has 3 rings (SSSR count). The van der Waals surface area contributed by atoms with Crippen LogP contribution in [0, 0.1) is 5.92 Å². The molecule has 0 saturated carbocycles. The molecule has 0 unspecified atom stereocenters. The van der Waals surface area contributed by atoms with Gasteiger partial charge in [0.15, 0.2) is 0 Å². The lowest BCUT2D eigenvalue weighted by molar-refractivity contribution is -0.126. The molecule has 2 aromatic carbocycles. The van der Waals surface area contributed by atoms with E-state index in [2.05, 4.69) is 17.4 Å². The fourth-order valence-corrected chi connectivity index (χ4v) is 4.54. The van der Waals surface area contributed by atoms with Gasteiger partial charge in [-0.25, -0.2) is 12.7 Å². The van der Waals surface area contributed by atoms with Gasteiger partial charge in [-0.3, -0.25) is 4.79 Å². The van der Waals surface area contributed by atoms with E-state index in [0.29, 0.717) is 13.1 Å². The summed E-state index contributed by atoms with van der Waals surface area (Å²) in [7, 11) is -3.23. The number of carbonyl (C=O) groups excluding carboxylic acids is 1. The molecular weight excluding hydrogens is 336 g/mol. The molecule has 0 radical (unpaired) electrons. The van der Waals surface area contributed by atoms with E-state index in [1.165, 1.54) is 4.31 Å². The lowest BCUT2D eigenvalue weighted by Gasteiger charge is -2.30. The highest BCUT2D eigenvalue weighted by atomic mass is 32.2. The van der Waals surface area contributed by atoms with Gasteiger partial charge in [0.05, 0.1) is 11.7 Å². The van der Waals surface area contributed by atoms with Gasteiger partial charge >= 0.3 is 0 Å². The Morgan fingerprint density at radius 3 is 2.76 bits per heavy atom. The standard InChI is InChI=1S/C19H24N2O3S/c1-2-25(23,24)21-12-6-10-17(14-21)19(22)20-13-16-9-5-8-15-7-3-4-11-18(15)16/h3-5,7-9,11,17H,2,6,10,12-14H2,1H3,(H,20,22)/t17-/m0/s1. The second-order valence-corrected chi connectivity index (χ2v) is 8.71. The van der Waals surface area contributed by atoms with E-state index in [4.69, 9.17) is 0 Å². The summed E-state index contributed by atoms with van der Waals surface area (Å²) in [5.74, 6) is -0.258. The Morgan fingerprint density at radius 2 is 1.96 bits per heavy atom. The van der Waals surface area contributed by atoms with Gasteiger partial charge in [-0.15, -0.1) is 0 Å². The molecule has 134 valence electrons. The summed E-state index contributed by atoms with van der Waals surface area (Å²) in [6.45, 7) is 2.90. The third-order valence-electron chi connectivity index (χ3n) is 4.85. The van der Waals surface area contributed by atoms with Crippen LogP contribution in [0.25, 0.3) is 10.8 Å². The average molecular weight is 360 g/mol. The maximum Gasteiger partial charge on any atom is 0.224 e. The van der Waals surface area contributed by atoms with Crippen molar-refractivity contribution in [3.63, 3.8) is 0 Å². The Kier molecular flexibility index (Phi) is 5.39. The molecule has 0 spiro atoms. The Labute approximate surface area is 149 Å². The van der Waals surface area contributed by atoms with Crippen molar-refractivity contribution in [2.45, 2.75) is 26.3 Å². The summed E-state index contributed by atoms with van der Waals surface area (Å²) in [5.41, 5.74) is 1.07. The lowest BCUT2D eigenvalue weighted by Crippen LogP contribution is -2.45. The molecule has 5 nitrogen and oxygen atoms in total. The van der Waals surface area contributed by atoms with E-state index in [-0.39, 0.29) is 24.1 Å². The van der Waals surface area contributed by atoms with Crippen molar-refractivity contribution in [1.82, 2.24) is 9.62 Å². The lowest BCUT2D eigenvalue weighted by atomic mass is 9.98. The largest absolute Gasteiger partial charge is 0.352 e. The van der Waals surface area contributed by atoms with Crippen LogP contribution >= 0.6 is 0 Å². The molecule has 0 bridgehead atoms. The van der Waals surface area contributed by atoms with Crippen molar-refractivity contribution >= 4 is 26.7 Å². The van der Waals surface area contributed by atoms with Crippen molar-refractivity contribution in [2.75, 3.05) is 18.8 Å². The maximum atomic E-state index is 12.5. The topological polar surface area (TPSA) is 66.5 Å². The summed E-state index contributed by atoms with van der Waals surface area (Å²) >= 11 is 0. The number of benzene rings is 2. The fraction of sp³-hybridized carbons (Fsp3) is 0.421. The molecule has 1 saturated heterocycles. The number of amides is 1. The molecule has 1 aliphatic heterocycles. The molecule has 2 aromatic rings. The number of piperidine rings is 1. The SMILES string of the molecule is CCS(=O)(=O)N1CCC[C@H](C(=O)NCc2cccc3ccccc23)C1. The first kappa shape index (κ1) is 17.9. The van der Waals surface area contributed by atoms with Crippen LogP contribution in [0.4, 0.5) is 0 Å². The predicted octanol–water partition coefficient (Wildman–Crippen LogP) is 2.52. The summed E-state index contributed by atoms with van der Waals surface area (Å²) in [5, 5.41) is 5.26. The normalized spacial score (nSPS) is 19.0. The fourth-order valence-electron chi connectivity index (χ4n) is 3.36. The molecule has 1 N–H and O–H groups in total. The van der Waals surface area contributed by atoms with Crippen molar-refractivity contribution in [3.8, 4) is 0 Å². The van der Waals surface area contributed by atoms with Gasteiger partial charge < -0.3 is 5.32 Å². The zero-order valence-electron chi connectivity index (χ0n) is 14.4. The minimum atomic E-state index is -3.23. The number of nitrogens with one attached hydrogen (secondary N) is 1. The minimum Gasteiger partial charge on any atom is -0.352 e. The summed E-state index contributed by atoms with van der Waals surface area (Å²) in [6, 6.07) is 14.1. The number of fused-ring (bicyclic) bond motifs is 1. The van der Waals surface area contributed by atoms with Crippen LogP contribution in [0.3, 0.4) is 0 Å².